The molecule has 1 aliphatic rings. The highest BCUT2D eigenvalue weighted by Gasteiger charge is 2.17. The van der Waals surface area contributed by atoms with Crippen LogP contribution in [0.1, 0.15) is 25.8 Å². The molecule has 1 aromatic heterocycles. The molecular weight excluding hydrogens is 556 g/mol. The van der Waals surface area contributed by atoms with E-state index >= 15 is 0 Å². The molecule has 2 heterocycles. The third kappa shape index (κ3) is 5.55. The van der Waals surface area contributed by atoms with Crippen LogP contribution in [0.25, 0.3) is 55.5 Å². The second-order valence-corrected chi connectivity index (χ2v) is 11.8. The molecule has 0 spiro atoms. The lowest BCUT2D eigenvalue weighted by molar-refractivity contribution is 0.726. The number of hydrogen-bond donors (Lipinski definition) is 1. The zero-order valence-corrected chi connectivity index (χ0v) is 26.4. The summed E-state index contributed by atoms with van der Waals surface area (Å²) >= 11 is 0. The van der Waals surface area contributed by atoms with Crippen molar-refractivity contribution in [1.82, 2.24) is 9.88 Å². The summed E-state index contributed by atoms with van der Waals surface area (Å²) in [5.74, 6) is 0. The van der Waals surface area contributed by atoms with E-state index in [0.717, 1.165) is 28.9 Å². The Hall–Kier alpha value is -5.60. The number of fused-ring (bicyclic) bond motifs is 4. The van der Waals surface area contributed by atoms with Crippen molar-refractivity contribution in [3.8, 4) is 16.8 Å². The van der Waals surface area contributed by atoms with Crippen LogP contribution >= 0.6 is 0 Å². The number of para-hydroxylation sites is 1. The van der Waals surface area contributed by atoms with Gasteiger partial charge in [-0.3, -0.25) is 0 Å². The van der Waals surface area contributed by atoms with E-state index in [1.54, 1.807) is 0 Å². The van der Waals surface area contributed by atoms with Crippen molar-refractivity contribution < 1.29 is 0 Å². The molecule has 5 aromatic carbocycles. The van der Waals surface area contributed by atoms with Gasteiger partial charge in [0.2, 0.25) is 0 Å². The molecule has 224 valence electrons. The minimum atomic E-state index is 0.150. The Kier molecular flexibility index (Phi) is 8.10. The first-order valence-electron chi connectivity index (χ1n) is 16.1. The van der Waals surface area contributed by atoms with Crippen molar-refractivity contribution in [3.05, 3.63) is 181 Å². The average molecular weight is 595 g/mol. The van der Waals surface area contributed by atoms with Crippen molar-refractivity contribution in [2.24, 2.45) is 0 Å². The summed E-state index contributed by atoms with van der Waals surface area (Å²) < 4.78 is 2.41. The molecule has 0 radical (unpaired) electrons. The SMILES string of the molecule is C=C/C=C(\CC)C1C=CC=C(C(/C=C\C)=C/c2ccc3c4ccc(-c5ccc6ccccc6c5)cc4n(-c4ccccc4)c3c2)N1. The predicted molar refractivity (Wildman–Crippen MR) is 199 cm³/mol. The maximum atomic E-state index is 3.92. The van der Waals surface area contributed by atoms with Gasteiger partial charge >= 0.3 is 0 Å². The maximum absolute atomic E-state index is 3.92. The molecule has 0 aliphatic carbocycles. The number of aromatic nitrogens is 1. The van der Waals surface area contributed by atoms with Crippen LogP contribution in [0.15, 0.2) is 175 Å². The van der Waals surface area contributed by atoms with Gasteiger partial charge in [0.1, 0.15) is 0 Å². The molecule has 1 aliphatic heterocycles. The summed E-state index contributed by atoms with van der Waals surface area (Å²) in [6, 6.07) is 39.9. The fourth-order valence-corrected chi connectivity index (χ4v) is 6.62. The first kappa shape index (κ1) is 29.1. The number of hydrogen-bond acceptors (Lipinski definition) is 1. The first-order chi connectivity index (χ1) is 22.7. The van der Waals surface area contributed by atoms with Gasteiger partial charge in [-0.15, -0.1) is 0 Å². The lowest BCUT2D eigenvalue weighted by Gasteiger charge is -2.24. The lowest BCUT2D eigenvalue weighted by Crippen LogP contribution is -2.30. The van der Waals surface area contributed by atoms with E-state index < -0.39 is 0 Å². The zero-order valence-electron chi connectivity index (χ0n) is 26.4. The Morgan fingerprint density at radius 3 is 2.30 bits per heavy atom. The van der Waals surface area contributed by atoms with Crippen molar-refractivity contribution in [2.45, 2.75) is 26.3 Å². The molecule has 6 aromatic rings. The summed E-state index contributed by atoms with van der Waals surface area (Å²) in [5, 5.41) is 8.76. The number of benzene rings is 5. The number of rotatable bonds is 8. The van der Waals surface area contributed by atoms with Crippen LogP contribution in [0.4, 0.5) is 0 Å². The molecule has 0 bridgehead atoms. The van der Waals surface area contributed by atoms with Crippen LogP contribution in [-0.4, -0.2) is 10.6 Å². The van der Waals surface area contributed by atoms with E-state index in [4.69, 9.17) is 0 Å². The smallest absolute Gasteiger partial charge is 0.0664 e. The molecule has 0 saturated carbocycles. The molecule has 7 rings (SSSR count). The van der Waals surface area contributed by atoms with Crippen LogP contribution in [0.5, 0.6) is 0 Å². The van der Waals surface area contributed by atoms with Gasteiger partial charge in [-0.05, 0) is 94.4 Å². The quantitative estimate of drug-likeness (QED) is 0.173. The summed E-state index contributed by atoms with van der Waals surface area (Å²) in [4.78, 5) is 0. The van der Waals surface area contributed by atoms with Gasteiger partial charge in [-0.2, -0.15) is 0 Å². The molecular formula is C44H38N2. The topological polar surface area (TPSA) is 17.0 Å². The summed E-state index contributed by atoms with van der Waals surface area (Å²) in [7, 11) is 0. The normalized spacial score (nSPS) is 15.5. The van der Waals surface area contributed by atoms with E-state index in [0.29, 0.717) is 0 Å². The van der Waals surface area contributed by atoms with Crippen molar-refractivity contribution >= 4 is 38.7 Å². The molecule has 2 nitrogen and oxygen atoms in total. The number of allylic oxidation sites excluding steroid dienone is 6. The van der Waals surface area contributed by atoms with Crippen molar-refractivity contribution in [2.75, 3.05) is 0 Å². The van der Waals surface area contributed by atoms with E-state index in [9.17, 15) is 0 Å². The van der Waals surface area contributed by atoms with Gasteiger partial charge < -0.3 is 9.88 Å². The molecule has 0 amide bonds. The number of nitrogens with zero attached hydrogens (tertiary/aromatic N) is 1. The predicted octanol–water partition coefficient (Wildman–Crippen LogP) is 11.5. The van der Waals surface area contributed by atoms with Gasteiger partial charge in [0.25, 0.3) is 0 Å². The second kappa shape index (κ2) is 12.8. The molecule has 46 heavy (non-hydrogen) atoms. The van der Waals surface area contributed by atoms with Gasteiger partial charge in [-0.1, -0.05) is 129 Å². The van der Waals surface area contributed by atoms with Crippen LogP contribution < -0.4 is 5.32 Å². The molecule has 0 saturated heterocycles. The van der Waals surface area contributed by atoms with E-state index in [-0.39, 0.29) is 6.04 Å². The van der Waals surface area contributed by atoms with Gasteiger partial charge in [-0.25, -0.2) is 0 Å². The third-order valence-corrected chi connectivity index (χ3v) is 8.89. The highest BCUT2D eigenvalue weighted by molar-refractivity contribution is 6.11. The van der Waals surface area contributed by atoms with Gasteiger partial charge in [0.05, 0.1) is 17.1 Å². The summed E-state index contributed by atoms with van der Waals surface area (Å²) in [5.41, 5.74) is 10.7. The summed E-state index contributed by atoms with van der Waals surface area (Å²) in [6.07, 6.45) is 18.1. The van der Waals surface area contributed by atoms with E-state index in [2.05, 4.69) is 182 Å². The van der Waals surface area contributed by atoms with Crippen LogP contribution in [0, 0.1) is 0 Å². The molecule has 2 heteroatoms. The largest absolute Gasteiger partial charge is 0.375 e. The lowest BCUT2D eigenvalue weighted by atomic mass is 9.97. The van der Waals surface area contributed by atoms with Crippen LogP contribution in [0.2, 0.25) is 0 Å². The average Bonchev–Trinajstić information content (AvgIpc) is 3.43. The standard InChI is InChI=1S/C44H38N2/c1-4-13-32(6-3)41-19-12-20-42(45-41)37(14-5-2)27-31-21-25-39-40-26-24-36(35-23-22-33-15-10-11-16-34(33)29-35)30-44(40)46(43(39)28-31)38-17-8-7-9-18-38/h4-5,7-30,41,45H,1,6H2,2-3H3/b14-5-,32-13+,37-27+. The molecule has 1 N–H and O–H groups in total. The Labute approximate surface area is 271 Å². The first-order valence-corrected chi connectivity index (χ1v) is 16.1. The Balaban J connectivity index is 1.36. The van der Waals surface area contributed by atoms with Gasteiger partial charge in [0.15, 0.2) is 0 Å². The Morgan fingerprint density at radius 2 is 1.52 bits per heavy atom. The molecule has 1 atom stereocenters. The monoisotopic (exact) mass is 594 g/mol. The van der Waals surface area contributed by atoms with E-state index in [1.807, 2.05) is 6.08 Å². The van der Waals surface area contributed by atoms with E-state index in [1.165, 1.54) is 49.3 Å². The number of dihydropyridines is 1. The summed E-state index contributed by atoms with van der Waals surface area (Å²) in [6.45, 7) is 8.18. The minimum absolute atomic E-state index is 0.150. The van der Waals surface area contributed by atoms with Crippen molar-refractivity contribution in [1.29, 1.82) is 0 Å². The Bertz CT molecular complexity index is 2230. The number of nitrogens with one attached hydrogen (secondary N) is 1. The highest BCUT2D eigenvalue weighted by atomic mass is 15.0. The van der Waals surface area contributed by atoms with Gasteiger partial charge in [0, 0.05) is 22.2 Å². The molecule has 1 unspecified atom stereocenters. The van der Waals surface area contributed by atoms with Crippen LogP contribution in [-0.2, 0) is 0 Å². The fourth-order valence-electron chi connectivity index (χ4n) is 6.62. The maximum Gasteiger partial charge on any atom is 0.0664 e. The third-order valence-electron chi connectivity index (χ3n) is 8.89. The second-order valence-electron chi connectivity index (χ2n) is 11.8. The Morgan fingerprint density at radius 1 is 0.804 bits per heavy atom. The van der Waals surface area contributed by atoms with Crippen LogP contribution in [0.3, 0.4) is 0 Å². The fraction of sp³-hybridized carbons (Fsp3) is 0.0909. The van der Waals surface area contributed by atoms with Crippen molar-refractivity contribution in [3.63, 3.8) is 0 Å². The molecule has 0 fully saturated rings. The minimum Gasteiger partial charge on any atom is -0.375 e. The highest BCUT2D eigenvalue weighted by Crippen LogP contribution is 2.36. The zero-order chi connectivity index (χ0) is 31.5.